The Morgan fingerprint density at radius 2 is 1.71 bits per heavy atom. The number of likely N-dealkylation sites (N-methyl/N-ethyl adjacent to an activating group) is 1. The summed E-state index contributed by atoms with van der Waals surface area (Å²) in [5.41, 5.74) is -0.0438. The average molecular weight is 244 g/mol. The van der Waals surface area contributed by atoms with Gasteiger partial charge in [0.15, 0.2) is 0 Å². The van der Waals surface area contributed by atoms with Gasteiger partial charge >= 0.3 is 0 Å². The molecule has 0 spiro atoms. The number of hydrogen-bond donors (Lipinski definition) is 1. The van der Waals surface area contributed by atoms with Crippen LogP contribution in [-0.4, -0.2) is 50.3 Å². The van der Waals surface area contributed by atoms with Gasteiger partial charge in [-0.2, -0.15) is 0 Å². The van der Waals surface area contributed by atoms with Crippen LogP contribution in [0.4, 0.5) is 0 Å². The van der Waals surface area contributed by atoms with Crippen molar-refractivity contribution in [2.45, 2.75) is 58.7 Å². The van der Waals surface area contributed by atoms with Crippen LogP contribution in [0.2, 0.25) is 0 Å². The van der Waals surface area contributed by atoms with Crippen LogP contribution in [0.5, 0.6) is 0 Å². The third-order valence-electron chi connectivity index (χ3n) is 3.46. The van der Waals surface area contributed by atoms with E-state index >= 15 is 0 Å². The first-order chi connectivity index (χ1) is 7.69. The zero-order valence-corrected chi connectivity index (χ0v) is 13.0. The Labute approximate surface area is 108 Å². The molecular formula is C14H32N2O. The maximum atomic E-state index is 5.46. The summed E-state index contributed by atoms with van der Waals surface area (Å²) in [6.45, 7) is 12.1. The molecule has 0 amide bonds. The fourth-order valence-corrected chi connectivity index (χ4v) is 2.23. The summed E-state index contributed by atoms with van der Waals surface area (Å²) >= 11 is 0. The highest BCUT2D eigenvalue weighted by atomic mass is 16.5. The maximum absolute atomic E-state index is 5.46. The van der Waals surface area contributed by atoms with Crippen molar-refractivity contribution in [1.82, 2.24) is 10.2 Å². The van der Waals surface area contributed by atoms with Gasteiger partial charge in [0.1, 0.15) is 0 Å². The Balaban J connectivity index is 4.09. The Bertz CT molecular complexity index is 194. The van der Waals surface area contributed by atoms with Gasteiger partial charge in [0.2, 0.25) is 0 Å². The van der Waals surface area contributed by atoms with E-state index in [2.05, 4.69) is 58.9 Å². The number of methoxy groups -OCH3 is 1. The second-order valence-corrected chi connectivity index (χ2v) is 6.25. The molecule has 0 aromatic heterocycles. The van der Waals surface area contributed by atoms with Gasteiger partial charge in [-0.1, -0.05) is 13.8 Å². The second kappa shape index (κ2) is 7.34. The van der Waals surface area contributed by atoms with E-state index in [1.54, 1.807) is 7.11 Å². The lowest BCUT2D eigenvalue weighted by Gasteiger charge is -2.32. The molecule has 0 aliphatic rings. The van der Waals surface area contributed by atoms with Gasteiger partial charge in [-0.05, 0) is 47.2 Å². The lowest BCUT2D eigenvalue weighted by molar-refractivity contribution is 0.00798. The third-order valence-corrected chi connectivity index (χ3v) is 3.46. The van der Waals surface area contributed by atoms with Crippen molar-refractivity contribution in [3.05, 3.63) is 0 Å². The van der Waals surface area contributed by atoms with Crippen molar-refractivity contribution in [2.75, 3.05) is 27.7 Å². The first-order valence-corrected chi connectivity index (χ1v) is 6.64. The molecule has 0 saturated carbocycles. The predicted octanol–water partition coefficient (Wildman–Crippen LogP) is 2.37. The Morgan fingerprint density at radius 3 is 2.06 bits per heavy atom. The smallest absolute Gasteiger partial charge is 0.0637 e. The van der Waals surface area contributed by atoms with Gasteiger partial charge in [0.05, 0.1) is 5.60 Å². The SMILES string of the molecule is COC(C)(C)CC(C)NCC(C(C)C)N(C)C. The van der Waals surface area contributed by atoms with Crippen LogP contribution in [0.1, 0.15) is 41.0 Å². The van der Waals surface area contributed by atoms with Crippen LogP contribution in [0.15, 0.2) is 0 Å². The summed E-state index contributed by atoms with van der Waals surface area (Å²) in [7, 11) is 6.08. The van der Waals surface area contributed by atoms with Gasteiger partial charge in [-0.3, -0.25) is 0 Å². The van der Waals surface area contributed by atoms with Crippen LogP contribution in [-0.2, 0) is 4.74 Å². The van der Waals surface area contributed by atoms with E-state index in [0.29, 0.717) is 18.0 Å². The van der Waals surface area contributed by atoms with Gasteiger partial charge in [0.25, 0.3) is 0 Å². The summed E-state index contributed by atoms with van der Waals surface area (Å²) < 4.78 is 5.46. The molecule has 0 heterocycles. The summed E-state index contributed by atoms with van der Waals surface area (Å²) in [6, 6.07) is 1.06. The molecule has 2 unspecified atom stereocenters. The van der Waals surface area contributed by atoms with Crippen LogP contribution in [0, 0.1) is 5.92 Å². The Morgan fingerprint density at radius 1 is 1.18 bits per heavy atom. The molecule has 0 aromatic carbocycles. The van der Waals surface area contributed by atoms with Crippen molar-refractivity contribution in [3.8, 4) is 0 Å². The van der Waals surface area contributed by atoms with Gasteiger partial charge < -0.3 is 15.0 Å². The highest BCUT2D eigenvalue weighted by Crippen LogP contribution is 2.15. The molecular weight excluding hydrogens is 212 g/mol. The second-order valence-electron chi connectivity index (χ2n) is 6.25. The molecule has 0 bridgehead atoms. The highest BCUT2D eigenvalue weighted by Gasteiger charge is 2.21. The summed E-state index contributed by atoms with van der Waals surface area (Å²) in [5.74, 6) is 0.667. The van der Waals surface area contributed by atoms with Crippen molar-refractivity contribution in [2.24, 2.45) is 5.92 Å². The molecule has 0 rings (SSSR count). The minimum absolute atomic E-state index is 0.0438. The zero-order chi connectivity index (χ0) is 13.6. The summed E-state index contributed by atoms with van der Waals surface area (Å²) in [5, 5.41) is 3.61. The molecule has 0 aliphatic heterocycles. The zero-order valence-electron chi connectivity index (χ0n) is 13.0. The van der Waals surface area contributed by atoms with E-state index in [-0.39, 0.29) is 5.60 Å². The maximum Gasteiger partial charge on any atom is 0.0637 e. The Kier molecular flexibility index (Phi) is 7.29. The van der Waals surface area contributed by atoms with E-state index in [1.165, 1.54) is 0 Å². The lowest BCUT2D eigenvalue weighted by Crippen LogP contribution is -2.45. The van der Waals surface area contributed by atoms with Crippen LogP contribution >= 0.6 is 0 Å². The molecule has 0 saturated heterocycles. The van der Waals surface area contributed by atoms with Crippen molar-refractivity contribution in [1.29, 1.82) is 0 Å². The molecule has 3 nitrogen and oxygen atoms in total. The molecule has 104 valence electrons. The van der Waals surface area contributed by atoms with Crippen LogP contribution in [0.3, 0.4) is 0 Å². The van der Waals surface area contributed by atoms with E-state index in [1.807, 2.05) is 0 Å². The minimum Gasteiger partial charge on any atom is -0.379 e. The largest absolute Gasteiger partial charge is 0.379 e. The van der Waals surface area contributed by atoms with Gasteiger partial charge in [0, 0.05) is 25.7 Å². The first-order valence-electron chi connectivity index (χ1n) is 6.64. The molecule has 0 aromatic rings. The predicted molar refractivity (Wildman–Crippen MR) is 75.5 cm³/mol. The van der Waals surface area contributed by atoms with Crippen LogP contribution < -0.4 is 5.32 Å². The van der Waals surface area contributed by atoms with E-state index in [4.69, 9.17) is 4.74 Å². The van der Waals surface area contributed by atoms with Gasteiger partial charge in [-0.25, -0.2) is 0 Å². The third kappa shape index (κ3) is 7.02. The van der Waals surface area contributed by atoms with Crippen LogP contribution in [0.25, 0.3) is 0 Å². The molecule has 3 heteroatoms. The monoisotopic (exact) mass is 244 g/mol. The highest BCUT2D eigenvalue weighted by molar-refractivity contribution is 4.79. The molecule has 17 heavy (non-hydrogen) atoms. The summed E-state index contributed by atoms with van der Waals surface area (Å²) in [4.78, 5) is 2.30. The van der Waals surface area contributed by atoms with E-state index in [0.717, 1.165) is 13.0 Å². The molecule has 2 atom stereocenters. The fourth-order valence-electron chi connectivity index (χ4n) is 2.23. The molecule has 0 fully saturated rings. The quantitative estimate of drug-likeness (QED) is 0.709. The summed E-state index contributed by atoms with van der Waals surface area (Å²) in [6.07, 6.45) is 1.03. The van der Waals surface area contributed by atoms with E-state index in [9.17, 15) is 0 Å². The standard InChI is InChI=1S/C14H32N2O/c1-11(2)13(16(6)7)10-15-12(3)9-14(4,5)17-8/h11-13,15H,9-10H2,1-8H3. The molecule has 0 aliphatic carbocycles. The van der Waals surface area contributed by atoms with Gasteiger partial charge in [-0.15, -0.1) is 0 Å². The lowest BCUT2D eigenvalue weighted by atomic mass is 9.98. The number of hydrogen-bond acceptors (Lipinski definition) is 3. The minimum atomic E-state index is -0.0438. The molecule has 0 radical (unpaired) electrons. The van der Waals surface area contributed by atoms with Crippen molar-refractivity contribution in [3.63, 3.8) is 0 Å². The van der Waals surface area contributed by atoms with E-state index < -0.39 is 0 Å². The number of ether oxygens (including phenoxy) is 1. The number of rotatable bonds is 8. The topological polar surface area (TPSA) is 24.5 Å². The fraction of sp³-hybridized carbons (Fsp3) is 1.00. The Hall–Kier alpha value is -0.120. The number of nitrogens with zero attached hydrogens (tertiary/aromatic N) is 1. The van der Waals surface area contributed by atoms with Crippen molar-refractivity contribution < 1.29 is 4.74 Å². The first kappa shape index (κ1) is 16.9. The average Bonchev–Trinajstić information content (AvgIpc) is 2.16. The normalized spacial score (nSPS) is 16.6. The van der Waals surface area contributed by atoms with Crippen molar-refractivity contribution >= 4 is 0 Å². The number of nitrogens with one attached hydrogen (secondary N) is 1. The molecule has 1 N–H and O–H groups in total.